The summed E-state index contributed by atoms with van der Waals surface area (Å²) in [7, 11) is 0. The van der Waals surface area contributed by atoms with Crippen LogP contribution < -0.4 is 14.8 Å². The molecule has 1 amide bonds. The molecular formula is C30H26N6O3S. The number of amides is 1. The molecule has 0 bridgehead atoms. The number of thioether (sulfide) groups is 1. The Hall–Kier alpha value is -4.57. The Morgan fingerprint density at radius 2 is 1.85 bits per heavy atom. The predicted octanol–water partition coefficient (Wildman–Crippen LogP) is 5.78. The number of hydrogen-bond acceptors (Lipinski definition) is 7. The second kappa shape index (κ2) is 10.2. The lowest BCUT2D eigenvalue weighted by Crippen LogP contribution is -2.25. The molecule has 6 aromatic rings. The van der Waals surface area contributed by atoms with Gasteiger partial charge in [0.15, 0.2) is 28.1 Å². The van der Waals surface area contributed by atoms with Crippen molar-refractivity contribution in [1.29, 1.82) is 0 Å². The van der Waals surface area contributed by atoms with Gasteiger partial charge >= 0.3 is 0 Å². The first kappa shape index (κ1) is 24.5. The van der Waals surface area contributed by atoms with Crippen molar-refractivity contribution in [1.82, 2.24) is 24.6 Å². The van der Waals surface area contributed by atoms with Crippen molar-refractivity contribution in [3.63, 3.8) is 0 Å². The number of nitrogens with one attached hydrogen (secondary N) is 2. The van der Waals surface area contributed by atoms with Gasteiger partial charge in [-0.05, 0) is 48.7 Å². The van der Waals surface area contributed by atoms with Gasteiger partial charge in [-0.15, -0.1) is 5.10 Å². The lowest BCUT2D eigenvalue weighted by atomic mass is 10.1. The van der Waals surface area contributed by atoms with E-state index in [1.165, 1.54) is 22.7 Å². The van der Waals surface area contributed by atoms with Crippen molar-refractivity contribution in [2.24, 2.45) is 0 Å². The minimum atomic E-state index is -0.388. The summed E-state index contributed by atoms with van der Waals surface area (Å²) in [6, 6.07) is 21.6. The van der Waals surface area contributed by atoms with E-state index in [0.717, 1.165) is 34.3 Å². The van der Waals surface area contributed by atoms with E-state index in [9.17, 15) is 4.79 Å². The van der Waals surface area contributed by atoms with Gasteiger partial charge in [-0.3, -0.25) is 4.79 Å². The van der Waals surface area contributed by atoms with E-state index in [2.05, 4.69) is 34.7 Å². The molecule has 0 unspecified atom stereocenters. The molecule has 2 N–H and O–H groups in total. The summed E-state index contributed by atoms with van der Waals surface area (Å²) in [5, 5.41) is 10.3. The van der Waals surface area contributed by atoms with Gasteiger partial charge in [0.05, 0.1) is 10.8 Å². The smallest absolute Gasteiger partial charge is 0.237 e. The average molecular weight is 551 g/mol. The monoisotopic (exact) mass is 550 g/mol. The standard InChI is InChI=1S/C30H26N6O3S/c1-2-26(29(37)32-19-12-13-24-25(15-19)39-17-38-24)40-30-33-23-10-6-4-8-21(23)28-34-27(35-36(28)30)14-11-18-16-31-22-9-5-3-7-20(18)22/h3-10,12-13,15-16,26,31H,2,11,14,17H2,1H3,(H,32,37)/t26-/m1/s1. The van der Waals surface area contributed by atoms with Crippen LogP contribution in [0.2, 0.25) is 0 Å². The summed E-state index contributed by atoms with van der Waals surface area (Å²) < 4.78 is 12.6. The average Bonchev–Trinajstić information content (AvgIpc) is 3.73. The molecule has 40 heavy (non-hydrogen) atoms. The predicted molar refractivity (Wildman–Crippen MR) is 155 cm³/mol. The van der Waals surface area contributed by atoms with Crippen LogP contribution in [0.3, 0.4) is 0 Å². The quantitative estimate of drug-likeness (QED) is 0.183. The number of carbonyl (C=O) groups excluding carboxylic acids is 1. The van der Waals surface area contributed by atoms with Gasteiger partial charge in [-0.25, -0.2) is 9.97 Å². The lowest BCUT2D eigenvalue weighted by molar-refractivity contribution is -0.115. The molecule has 1 aliphatic rings. The number of fused-ring (bicyclic) bond motifs is 5. The summed E-state index contributed by atoms with van der Waals surface area (Å²) in [5.41, 5.74) is 4.58. The number of rotatable bonds is 8. The van der Waals surface area contributed by atoms with Crippen LogP contribution in [0.25, 0.3) is 27.5 Å². The number of H-pyrrole nitrogens is 1. The summed E-state index contributed by atoms with van der Waals surface area (Å²) in [6.45, 7) is 2.18. The maximum Gasteiger partial charge on any atom is 0.237 e. The fourth-order valence-corrected chi connectivity index (χ4v) is 5.95. The molecule has 3 aromatic carbocycles. The Labute approximate surface area is 233 Å². The number of para-hydroxylation sites is 2. The molecule has 0 saturated heterocycles. The van der Waals surface area contributed by atoms with Crippen molar-refractivity contribution in [3.8, 4) is 11.5 Å². The van der Waals surface area contributed by atoms with Crippen molar-refractivity contribution in [2.45, 2.75) is 36.6 Å². The maximum absolute atomic E-state index is 13.3. The Morgan fingerprint density at radius 1 is 1.02 bits per heavy atom. The van der Waals surface area contributed by atoms with Crippen LogP contribution >= 0.6 is 11.8 Å². The third-order valence-electron chi connectivity index (χ3n) is 7.04. The second-order valence-electron chi connectivity index (χ2n) is 9.61. The van der Waals surface area contributed by atoms with Crippen molar-refractivity contribution < 1.29 is 14.3 Å². The van der Waals surface area contributed by atoms with E-state index >= 15 is 0 Å². The van der Waals surface area contributed by atoms with Gasteiger partial charge in [-0.2, -0.15) is 4.52 Å². The fourth-order valence-electron chi connectivity index (χ4n) is 4.99. The zero-order valence-electron chi connectivity index (χ0n) is 21.8. The van der Waals surface area contributed by atoms with Crippen LogP contribution in [0.15, 0.2) is 78.1 Å². The largest absolute Gasteiger partial charge is 0.454 e. The van der Waals surface area contributed by atoms with E-state index in [-0.39, 0.29) is 18.0 Å². The Kier molecular flexibility index (Phi) is 6.24. The molecule has 1 aliphatic heterocycles. The van der Waals surface area contributed by atoms with Gasteiger partial charge in [-0.1, -0.05) is 49.0 Å². The van der Waals surface area contributed by atoms with Gasteiger partial charge in [0.2, 0.25) is 12.7 Å². The molecule has 0 spiro atoms. The van der Waals surface area contributed by atoms with E-state index < -0.39 is 0 Å². The zero-order chi connectivity index (χ0) is 27.1. The van der Waals surface area contributed by atoms with Crippen molar-refractivity contribution in [2.75, 3.05) is 12.1 Å². The molecule has 7 rings (SSSR count). The summed E-state index contributed by atoms with van der Waals surface area (Å²) in [5.74, 6) is 1.92. The van der Waals surface area contributed by atoms with E-state index in [1.54, 1.807) is 16.6 Å². The highest BCUT2D eigenvalue weighted by Crippen LogP contribution is 2.35. The molecule has 200 valence electrons. The SMILES string of the molecule is CC[C@@H](Sc1nc2ccccc2c2nc(CCc3c[nH]c4ccccc34)nn12)C(=O)Nc1ccc2c(c1)OCO2. The summed E-state index contributed by atoms with van der Waals surface area (Å²) in [4.78, 5) is 26.5. The number of aryl methyl sites for hydroxylation is 2. The zero-order valence-corrected chi connectivity index (χ0v) is 22.6. The first-order valence-electron chi connectivity index (χ1n) is 13.2. The van der Waals surface area contributed by atoms with Crippen molar-refractivity contribution in [3.05, 3.63) is 84.3 Å². The van der Waals surface area contributed by atoms with Crippen molar-refractivity contribution >= 4 is 50.8 Å². The number of nitrogens with zero attached hydrogens (tertiary/aromatic N) is 4. The summed E-state index contributed by atoms with van der Waals surface area (Å²) >= 11 is 1.39. The van der Waals surface area contributed by atoms with Gasteiger partial charge in [0.1, 0.15) is 0 Å². The number of anilines is 1. The number of aromatic amines is 1. The molecule has 0 fully saturated rings. The van der Waals surface area contributed by atoms with Crippen LogP contribution in [0.5, 0.6) is 11.5 Å². The minimum absolute atomic E-state index is 0.117. The number of aromatic nitrogens is 5. The lowest BCUT2D eigenvalue weighted by Gasteiger charge is -2.15. The summed E-state index contributed by atoms with van der Waals surface area (Å²) in [6.07, 6.45) is 4.16. The Balaban J connectivity index is 1.17. The maximum atomic E-state index is 13.3. The molecule has 3 aromatic heterocycles. The molecule has 9 nitrogen and oxygen atoms in total. The third kappa shape index (κ3) is 4.50. The van der Waals surface area contributed by atoms with E-state index in [4.69, 9.17) is 24.5 Å². The van der Waals surface area contributed by atoms with Crippen LogP contribution in [0.4, 0.5) is 5.69 Å². The van der Waals surface area contributed by atoms with Crippen LogP contribution in [-0.4, -0.2) is 42.5 Å². The molecule has 0 radical (unpaired) electrons. The fraction of sp³-hybridized carbons (Fsp3) is 0.200. The molecule has 4 heterocycles. The second-order valence-corrected chi connectivity index (χ2v) is 10.8. The normalized spacial score (nSPS) is 13.3. The topological polar surface area (TPSA) is 106 Å². The molecule has 10 heteroatoms. The number of carbonyl (C=O) groups is 1. The van der Waals surface area contributed by atoms with Gasteiger partial charge in [0.25, 0.3) is 0 Å². The molecule has 0 aliphatic carbocycles. The number of benzene rings is 3. The number of hydrogen-bond donors (Lipinski definition) is 2. The van der Waals surface area contributed by atoms with E-state index in [0.29, 0.717) is 35.2 Å². The highest BCUT2D eigenvalue weighted by atomic mass is 32.2. The Bertz CT molecular complexity index is 1880. The molecule has 1 atom stereocenters. The third-order valence-corrected chi connectivity index (χ3v) is 8.34. The first-order valence-corrected chi connectivity index (χ1v) is 14.1. The number of ether oxygens (including phenoxy) is 2. The first-order chi connectivity index (χ1) is 19.7. The molecular weight excluding hydrogens is 524 g/mol. The highest BCUT2D eigenvalue weighted by Gasteiger charge is 2.23. The highest BCUT2D eigenvalue weighted by molar-refractivity contribution is 8.00. The van der Waals surface area contributed by atoms with Crippen LogP contribution in [0, 0.1) is 0 Å². The van der Waals surface area contributed by atoms with Crippen LogP contribution in [0.1, 0.15) is 24.7 Å². The van der Waals surface area contributed by atoms with Gasteiger partial charge < -0.3 is 19.8 Å². The van der Waals surface area contributed by atoms with Crippen LogP contribution in [-0.2, 0) is 17.6 Å². The Morgan fingerprint density at radius 3 is 2.75 bits per heavy atom. The van der Waals surface area contributed by atoms with Gasteiger partial charge in [0, 0.05) is 40.7 Å². The molecule has 0 saturated carbocycles. The minimum Gasteiger partial charge on any atom is -0.454 e. The van der Waals surface area contributed by atoms with E-state index in [1.807, 2.05) is 43.3 Å².